The van der Waals surface area contributed by atoms with Gasteiger partial charge in [0.1, 0.15) is 0 Å². The summed E-state index contributed by atoms with van der Waals surface area (Å²) < 4.78 is 0. The third-order valence-corrected chi connectivity index (χ3v) is 0.948. The first kappa shape index (κ1) is 8.80. The minimum absolute atomic E-state index is 0.520. The van der Waals surface area contributed by atoms with Crippen LogP contribution in [0.2, 0.25) is 0 Å². The van der Waals surface area contributed by atoms with Crippen LogP contribution in [0.25, 0.3) is 0 Å². The van der Waals surface area contributed by atoms with E-state index in [0.29, 0.717) is 13.0 Å². The summed E-state index contributed by atoms with van der Waals surface area (Å²) in [4.78, 5) is 8.60. The molecule has 6 N–H and O–H groups in total. The molecule has 0 rings (SSSR count). The first-order chi connectivity index (χ1) is 4.35. The minimum Gasteiger partial charge on any atom is -0.330 e. The zero-order chi connectivity index (χ0) is 7.11. The van der Waals surface area contributed by atoms with E-state index in [1.165, 1.54) is 0 Å². The van der Waals surface area contributed by atoms with E-state index >= 15 is 0 Å². The van der Waals surface area contributed by atoms with E-state index in [4.69, 9.17) is 17.5 Å². The molecule has 0 aromatic rings. The number of hydrogen-bond acceptors (Lipinski definition) is 5. The van der Waals surface area contributed by atoms with Crippen molar-refractivity contribution in [3.8, 4) is 0 Å². The molecular weight excluding hydrogens is 122 g/mol. The normalized spacial score (nSPS) is 10.7. The van der Waals surface area contributed by atoms with Crippen molar-refractivity contribution in [2.75, 3.05) is 6.54 Å². The second-order valence-corrected chi connectivity index (χ2v) is 1.63. The van der Waals surface area contributed by atoms with Gasteiger partial charge in [-0.15, -0.1) is 0 Å². The molecule has 0 spiro atoms. The maximum atomic E-state index is 5.19. The highest BCUT2D eigenvalue weighted by molar-refractivity contribution is 4.43. The summed E-state index contributed by atoms with van der Waals surface area (Å²) in [6, 6.07) is 0. The molecule has 0 aliphatic rings. The van der Waals surface area contributed by atoms with Crippen LogP contribution >= 0.6 is 0 Å². The molecule has 0 saturated carbocycles. The van der Waals surface area contributed by atoms with Crippen molar-refractivity contribution in [1.29, 1.82) is 0 Å². The lowest BCUT2D eigenvalue weighted by Crippen LogP contribution is -2.24. The average Bonchev–Trinajstić information content (AvgIpc) is 1.91. The van der Waals surface area contributed by atoms with E-state index in [-0.39, 0.29) is 0 Å². The predicted molar refractivity (Wildman–Crippen MR) is 32.6 cm³/mol. The topological polar surface area (TPSA) is 96.5 Å². The van der Waals surface area contributed by atoms with Crippen LogP contribution < -0.4 is 17.5 Å². The molecule has 0 fully saturated rings. The van der Waals surface area contributed by atoms with Crippen molar-refractivity contribution in [3.63, 3.8) is 0 Å². The molecule has 0 bridgehead atoms. The zero-order valence-electron chi connectivity index (χ0n) is 5.25. The number of hydrogen-bond donors (Lipinski definition) is 3. The first-order valence-electron chi connectivity index (χ1n) is 2.76. The molecule has 0 unspecified atom stereocenters. The lowest BCUT2D eigenvalue weighted by Gasteiger charge is -2.09. The van der Waals surface area contributed by atoms with Crippen LogP contribution in [-0.2, 0) is 9.68 Å². The molecule has 5 nitrogen and oxygen atoms in total. The smallest absolute Gasteiger partial charge is 0.196 e. The molecule has 0 aliphatic heterocycles. The Kier molecular flexibility index (Phi) is 5.80. The van der Waals surface area contributed by atoms with Crippen molar-refractivity contribution in [2.24, 2.45) is 17.5 Å². The van der Waals surface area contributed by atoms with E-state index in [1.54, 1.807) is 0 Å². The van der Waals surface area contributed by atoms with E-state index in [9.17, 15) is 0 Å². The largest absolute Gasteiger partial charge is 0.330 e. The summed E-state index contributed by atoms with van der Waals surface area (Å²) in [6.45, 7) is 0.587. The maximum Gasteiger partial charge on any atom is 0.196 e. The summed E-state index contributed by atoms with van der Waals surface area (Å²) in [5, 5.41) is 0. The molecule has 0 aromatic heterocycles. The lowest BCUT2D eigenvalue weighted by atomic mass is 10.3. The summed E-state index contributed by atoms with van der Waals surface area (Å²) in [7, 11) is 0. The molecule has 0 aromatic carbocycles. The fraction of sp³-hybridized carbons (Fsp3) is 1.00. The molecule has 9 heavy (non-hydrogen) atoms. The molecular formula is C4H13N3O2. The molecule has 56 valence electrons. The van der Waals surface area contributed by atoms with Gasteiger partial charge >= 0.3 is 0 Å². The van der Waals surface area contributed by atoms with Crippen molar-refractivity contribution in [1.82, 2.24) is 0 Å². The Hall–Kier alpha value is -0.200. The monoisotopic (exact) mass is 135 g/mol. The lowest BCUT2D eigenvalue weighted by molar-refractivity contribution is -0.151. The Balaban J connectivity index is 3.09. The summed E-state index contributed by atoms with van der Waals surface area (Å²) in [6.07, 6.45) is 0.899. The predicted octanol–water partition coefficient (Wildman–Crippen LogP) is -1.17. The van der Waals surface area contributed by atoms with E-state index < -0.39 is 6.29 Å². The Morgan fingerprint density at radius 3 is 2.11 bits per heavy atom. The van der Waals surface area contributed by atoms with Gasteiger partial charge in [0.15, 0.2) is 6.29 Å². The maximum absolute atomic E-state index is 5.19. The van der Waals surface area contributed by atoms with Gasteiger partial charge in [0.25, 0.3) is 0 Å². The van der Waals surface area contributed by atoms with Gasteiger partial charge in [-0.05, 0) is 13.0 Å². The molecule has 5 heteroatoms. The average molecular weight is 135 g/mol. The van der Waals surface area contributed by atoms with Crippen LogP contribution in [0.3, 0.4) is 0 Å². The zero-order valence-corrected chi connectivity index (χ0v) is 5.25. The van der Waals surface area contributed by atoms with Crippen LogP contribution in [0.5, 0.6) is 0 Å². The van der Waals surface area contributed by atoms with Gasteiger partial charge in [0.2, 0.25) is 0 Å². The van der Waals surface area contributed by atoms with Crippen molar-refractivity contribution >= 4 is 0 Å². The highest BCUT2D eigenvalue weighted by Crippen LogP contribution is 1.96. The van der Waals surface area contributed by atoms with Gasteiger partial charge in [-0.3, -0.25) is 9.68 Å². The molecule has 0 aliphatic carbocycles. The van der Waals surface area contributed by atoms with E-state index in [0.717, 1.165) is 6.42 Å². The fourth-order valence-corrected chi connectivity index (χ4v) is 0.453. The van der Waals surface area contributed by atoms with Crippen LogP contribution in [0.4, 0.5) is 0 Å². The third kappa shape index (κ3) is 4.31. The summed E-state index contributed by atoms with van der Waals surface area (Å²) in [5.41, 5.74) is 5.19. The molecule has 0 heterocycles. The van der Waals surface area contributed by atoms with E-state index in [1.807, 2.05) is 0 Å². The van der Waals surface area contributed by atoms with Crippen LogP contribution in [0, 0.1) is 0 Å². The van der Waals surface area contributed by atoms with Crippen LogP contribution in [-0.4, -0.2) is 12.8 Å². The summed E-state index contributed by atoms with van der Waals surface area (Å²) in [5.74, 6) is 9.56. The molecule has 0 atom stereocenters. The van der Waals surface area contributed by atoms with Crippen LogP contribution in [0.15, 0.2) is 0 Å². The highest BCUT2D eigenvalue weighted by atomic mass is 16.8. The van der Waals surface area contributed by atoms with E-state index in [2.05, 4.69) is 9.68 Å². The third-order valence-electron chi connectivity index (χ3n) is 0.948. The standard InChI is InChI=1S/C4H13N3O2/c5-3-1-2-4(8-6)9-7/h4H,1-3,5-7H2. The number of rotatable bonds is 5. The van der Waals surface area contributed by atoms with Crippen molar-refractivity contribution < 1.29 is 9.68 Å². The number of nitrogens with two attached hydrogens (primary N) is 3. The first-order valence-corrected chi connectivity index (χ1v) is 2.76. The molecule has 0 radical (unpaired) electrons. The summed E-state index contributed by atoms with van der Waals surface area (Å²) >= 11 is 0. The Bertz CT molecular complexity index is 57.8. The quantitative estimate of drug-likeness (QED) is 0.326. The van der Waals surface area contributed by atoms with Gasteiger partial charge in [-0.2, -0.15) is 0 Å². The second-order valence-electron chi connectivity index (χ2n) is 1.63. The second kappa shape index (κ2) is 5.93. The molecule has 0 amide bonds. The molecule has 0 saturated heterocycles. The van der Waals surface area contributed by atoms with Crippen LogP contribution in [0.1, 0.15) is 12.8 Å². The highest BCUT2D eigenvalue weighted by Gasteiger charge is 2.03. The Labute approximate surface area is 54.0 Å². The van der Waals surface area contributed by atoms with Crippen molar-refractivity contribution in [3.05, 3.63) is 0 Å². The fourth-order valence-electron chi connectivity index (χ4n) is 0.453. The Morgan fingerprint density at radius 2 is 1.78 bits per heavy atom. The van der Waals surface area contributed by atoms with Gasteiger partial charge < -0.3 is 5.73 Å². The Morgan fingerprint density at radius 1 is 1.22 bits per heavy atom. The minimum atomic E-state index is -0.520. The van der Waals surface area contributed by atoms with Gasteiger partial charge in [0.05, 0.1) is 0 Å². The SMILES string of the molecule is NCCCC(ON)ON. The van der Waals surface area contributed by atoms with Gasteiger partial charge in [0, 0.05) is 6.42 Å². The van der Waals surface area contributed by atoms with Gasteiger partial charge in [-0.25, -0.2) is 11.8 Å². The van der Waals surface area contributed by atoms with Crippen molar-refractivity contribution in [2.45, 2.75) is 19.1 Å². The van der Waals surface area contributed by atoms with Gasteiger partial charge in [-0.1, -0.05) is 0 Å².